The Balaban J connectivity index is 1.35. The maximum atomic E-state index is 12.1. The van der Waals surface area contributed by atoms with Crippen molar-refractivity contribution in [2.45, 2.75) is 31.9 Å². The first-order valence-corrected chi connectivity index (χ1v) is 10.4. The summed E-state index contributed by atoms with van der Waals surface area (Å²) >= 11 is 7.30. The Hall–Kier alpha value is -1.94. The van der Waals surface area contributed by atoms with E-state index in [4.69, 9.17) is 16.3 Å². The van der Waals surface area contributed by atoms with Gasteiger partial charge in [0.2, 0.25) is 5.13 Å². The van der Waals surface area contributed by atoms with E-state index in [2.05, 4.69) is 25.7 Å². The van der Waals surface area contributed by atoms with Gasteiger partial charge in [0.15, 0.2) is 0 Å². The van der Waals surface area contributed by atoms with E-state index in [1.165, 1.54) is 11.3 Å². The highest BCUT2D eigenvalue weighted by Gasteiger charge is 2.28. The number of hydrogen-bond donors (Lipinski definition) is 3. The Kier molecular flexibility index (Phi) is 7.43. The molecule has 1 aromatic carbocycles. The molecule has 10 heteroatoms. The van der Waals surface area contributed by atoms with Crippen LogP contribution in [0.4, 0.5) is 9.93 Å². The summed E-state index contributed by atoms with van der Waals surface area (Å²) in [7, 11) is 0. The summed E-state index contributed by atoms with van der Waals surface area (Å²) in [5.41, 5.74) is 0. The van der Waals surface area contributed by atoms with E-state index in [0.717, 1.165) is 36.8 Å². The number of aryl methyl sites for hydroxylation is 1. The number of likely N-dealkylation sites (tertiary alicyclic amines) is 1. The number of benzene rings is 1. The van der Waals surface area contributed by atoms with E-state index < -0.39 is 0 Å². The van der Waals surface area contributed by atoms with Crippen molar-refractivity contribution in [1.82, 2.24) is 20.4 Å². The Morgan fingerprint density at radius 2 is 2.29 bits per heavy atom. The van der Waals surface area contributed by atoms with Crippen LogP contribution in [0.3, 0.4) is 0 Å². The third kappa shape index (κ3) is 6.03. The Bertz CT molecular complexity index is 784. The lowest BCUT2D eigenvalue weighted by Gasteiger charge is -2.39. The van der Waals surface area contributed by atoms with Gasteiger partial charge >= 0.3 is 6.03 Å². The van der Waals surface area contributed by atoms with E-state index in [1.54, 1.807) is 6.07 Å². The number of halogens is 1. The number of carbonyl (C=O) groups is 1. The fourth-order valence-electron chi connectivity index (χ4n) is 2.83. The Morgan fingerprint density at radius 3 is 2.96 bits per heavy atom. The van der Waals surface area contributed by atoms with Gasteiger partial charge in [-0.1, -0.05) is 35.9 Å². The van der Waals surface area contributed by atoms with Crippen LogP contribution < -0.4 is 15.4 Å². The molecule has 1 saturated heterocycles. The first-order chi connectivity index (χ1) is 13.6. The zero-order valence-corrected chi connectivity index (χ0v) is 17.2. The molecule has 1 fully saturated rings. The molecule has 1 aliphatic heterocycles. The van der Waals surface area contributed by atoms with E-state index >= 15 is 0 Å². The average molecular weight is 426 g/mol. The maximum Gasteiger partial charge on any atom is 0.321 e. The number of anilines is 1. The second-order valence-corrected chi connectivity index (χ2v) is 8.08. The smallest absolute Gasteiger partial charge is 0.321 e. The molecule has 0 saturated carbocycles. The molecular formula is C18H24ClN5O3S. The van der Waals surface area contributed by atoms with Crippen LogP contribution >= 0.6 is 22.9 Å². The SMILES string of the molecule is CCc1nnc(NC(=O)N[C@H](CO)CCN2CC(Oc3cccc(Cl)c3)C2)s1. The zero-order chi connectivity index (χ0) is 19.9. The number of urea groups is 1. The van der Waals surface area contributed by atoms with Crippen molar-refractivity contribution >= 4 is 34.1 Å². The van der Waals surface area contributed by atoms with Gasteiger partial charge in [0.25, 0.3) is 0 Å². The van der Waals surface area contributed by atoms with Crippen molar-refractivity contribution in [1.29, 1.82) is 0 Å². The van der Waals surface area contributed by atoms with Crippen LogP contribution in [0.2, 0.25) is 5.02 Å². The van der Waals surface area contributed by atoms with Gasteiger partial charge in [-0.15, -0.1) is 10.2 Å². The summed E-state index contributed by atoms with van der Waals surface area (Å²) in [6.07, 6.45) is 1.55. The number of amides is 2. The molecule has 3 N–H and O–H groups in total. The normalized spacial score (nSPS) is 15.7. The summed E-state index contributed by atoms with van der Waals surface area (Å²) in [4.78, 5) is 14.3. The molecule has 28 heavy (non-hydrogen) atoms. The van der Waals surface area contributed by atoms with Crippen LogP contribution in [0.15, 0.2) is 24.3 Å². The molecule has 1 atom stereocenters. The molecule has 1 aliphatic rings. The molecule has 0 spiro atoms. The summed E-state index contributed by atoms with van der Waals surface area (Å²) in [5, 5.41) is 24.8. The molecule has 0 aliphatic carbocycles. The molecule has 8 nitrogen and oxygen atoms in total. The monoisotopic (exact) mass is 425 g/mol. The molecule has 3 rings (SSSR count). The number of carbonyl (C=O) groups excluding carboxylic acids is 1. The fourth-order valence-corrected chi connectivity index (χ4v) is 3.68. The van der Waals surface area contributed by atoms with Gasteiger partial charge in [-0.25, -0.2) is 4.79 Å². The van der Waals surface area contributed by atoms with Crippen molar-refractivity contribution in [2.24, 2.45) is 0 Å². The summed E-state index contributed by atoms with van der Waals surface area (Å²) in [6.45, 7) is 4.23. The van der Waals surface area contributed by atoms with Gasteiger partial charge in [-0.2, -0.15) is 0 Å². The molecule has 0 unspecified atom stereocenters. The van der Waals surface area contributed by atoms with Gasteiger partial charge < -0.3 is 15.2 Å². The minimum atomic E-state index is -0.386. The number of rotatable bonds is 9. The molecule has 1 aromatic heterocycles. The Morgan fingerprint density at radius 1 is 1.46 bits per heavy atom. The lowest BCUT2D eigenvalue weighted by molar-refractivity contribution is 0.0168. The number of aromatic nitrogens is 2. The van der Waals surface area contributed by atoms with Crippen LogP contribution in [0, 0.1) is 0 Å². The van der Waals surface area contributed by atoms with Crippen LogP contribution in [0.1, 0.15) is 18.4 Å². The highest BCUT2D eigenvalue weighted by Crippen LogP contribution is 2.21. The molecule has 2 amide bonds. The highest BCUT2D eigenvalue weighted by molar-refractivity contribution is 7.15. The Labute approximate surface area is 172 Å². The number of nitrogens with one attached hydrogen (secondary N) is 2. The predicted octanol–water partition coefficient (Wildman–Crippen LogP) is 2.39. The number of hydrogen-bond acceptors (Lipinski definition) is 7. The number of ether oxygens (including phenoxy) is 1. The van der Waals surface area contributed by atoms with E-state index in [1.807, 2.05) is 25.1 Å². The molecule has 152 valence electrons. The largest absolute Gasteiger partial charge is 0.488 e. The van der Waals surface area contributed by atoms with Crippen molar-refractivity contribution in [2.75, 3.05) is 31.6 Å². The minimum absolute atomic E-state index is 0.125. The zero-order valence-electron chi connectivity index (χ0n) is 15.6. The third-order valence-corrected chi connectivity index (χ3v) is 5.58. The van der Waals surface area contributed by atoms with Crippen LogP contribution in [0.25, 0.3) is 0 Å². The summed E-state index contributed by atoms with van der Waals surface area (Å²) < 4.78 is 5.87. The lowest BCUT2D eigenvalue weighted by atomic mass is 10.1. The molecular weight excluding hydrogens is 402 g/mol. The first-order valence-electron chi connectivity index (χ1n) is 9.21. The maximum absolute atomic E-state index is 12.1. The number of aliphatic hydroxyl groups excluding tert-OH is 1. The molecule has 0 radical (unpaired) electrons. The van der Waals surface area contributed by atoms with Gasteiger partial charge in [-0.05, 0) is 31.0 Å². The lowest BCUT2D eigenvalue weighted by Crippen LogP contribution is -2.55. The second-order valence-electron chi connectivity index (χ2n) is 6.58. The van der Waals surface area contributed by atoms with Crippen molar-refractivity contribution in [3.8, 4) is 5.75 Å². The van der Waals surface area contributed by atoms with E-state index in [9.17, 15) is 9.90 Å². The van der Waals surface area contributed by atoms with Crippen LogP contribution in [0.5, 0.6) is 5.75 Å². The van der Waals surface area contributed by atoms with E-state index in [-0.39, 0.29) is 24.8 Å². The number of aliphatic hydroxyl groups is 1. The fraction of sp³-hybridized carbons (Fsp3) is 0.500. The average Bonchev–Trinajstić information content (AvgIpc) is 3.09. The highest BCUT2D eigenvalue weighted by atomic mass is 35.5. The van der Waals surface area contributed by atoms with Gasteiger partial charge in [0.05, 0.1) is 12.6 Å². The van der Waals surface area contributed by atoms with Crippen LogP contribution in [-0.4, -0.2) is 64.6 Å². The van der Waals surface area contributed by atoms with Gasteiger partial charge in [-0.3, -0.25) is 10.2 Å². The van der Waals surface area contributed by atoms with Crippen molar-refractivity contribution < 1.29 is 14.6 Å². The second kappa shape index (κ2) is 10.0. The third-order valence-electron chi connectivity index (χ3n) is 4.36. The number of nitrogens with zero attached hydrogens (tertiary/aromatic N) is 3. The molecule has 0 bridgehead atoms. The van der Waals surface area contributed by atoms with Gasteiger partial charge in [0, 0.05) is 24.7 Å². The predicted molar refractivity (Wildman–Crippen MR) is 109 cm³/mol. The summed E-state index contributed by atoms with van der Waals surface area (Å²) in [6, 6.07) is 6.65. The topological polar surface area (TPSA) is 99.6 Å². The standard InChI is InChI=1S/C18H24ClN5O3S/c1-2-16-22-23-18(28-16)21-17(26)20-13(11-25)6-7-24-9-15(10-24)27-14-5-3-4-12(19)8-14/h3-5,8,13,15,25H,2,6-7,9-11H2,1H3,(H2,20,21,23,26)/t13-/m0/s1. The summed E-state index contributed by atoms with van der Waals surface area (Å²) in [5.74, 6) is 0.770. The van der Waals surface area contributed by atoms with Crippen LogP contribution in [-0.2, 0) is 6.42 Å². The molecule has 2 aromatic rings. The molecule has 2 heterocycles. The van der Waals surface area contributed by atoms with Crippen molar-refractivity contribution in [3.05, 3.63) is 34.3 Å². The first kappa shape index (κ1) is 20.8. The van der Waals surface area contributed by atoms with Gasteiger partial charge in [0.1, 0.15) is 16.9 Å². The minimum Gasteiger partial charge on any atom is -0.488 e. The quantitative estimate of drug-likeness (QED) is 0.570. The van der Waals surface area contributed by atoms with Crippen molar-refractivity contribution in [3.63, 3.8) is 0 Å². The van der Waals surface area contributed by atoms with E-state index in [0.29, 0.717) is 16.6 Å².